The van der Waals surface area contributed by atoms with E-state index >= 15 is 0 Å². The standard InChI is InChI=1S/C11H21N2O/c1-9(6-7-14-5)13-8-10(2)12(4)11(13)3/h8-9H,6-7H2,1-5H3/q+1. The minimum atomic E-state index is 0.509. The van der Waals surface area contributed by atoms with E-state index in [0.717, 1.165) is 13.0 Å². The summed E-state index contributed by atoms with van der Waals surface area (Å²) in [6, 6.07) is 0.509. The third kappa shape index (κ3) is 2.15. The second-order valence-electron chi connectivity index (χ2n) is 3.91. The predicted molar refractivity (Wildman–Crippen MR) is 56.3 cm³/mol. The Balaban J connectivity index is 2.79. The molecule has 1 rings (SSSR count). The first-order valence-corrected chi connectivity index (χ1v) is 5.11. The molecule has 1 unspecified atom stereocenters. The molecule has 0 saturated carbocycles. The molecule has 0 spiro atoms. The topological polar surface area (TPSA) is 18.0 Å². The van der Waals surface area contributed by atoms with E-state index in [1.54, 1.807) is 7.11 Å². The van der Waals surface area contributed by atoms with Crippen LogP contribution in [0.25, 0.3) is 0 Å². The first-order valence-electron chi connectivity index (χ1n) is 5.11. The summed E-state index contributed by atoms with van der Waals surface area (Å²) in [7, 11) is 3.85. The minimum absolute atomic E-state index is 0.509. The molecular weight excluding hydrogens is 176 g/mol. The zero-order chi connectivity index (χ0) is 10.7. The van der Waals surface area contributed by atoms with Crippen molar-refractivity contribution in [2.45, 2.75) is 33.2 Å². The van der Waals surface area contributed by atoms with E-state index in [-0.39, 0.29) is 0 Å². The van der Waals surface area contributed by atoms with Crippen LogP contribution in [0.1, 0.15) is 30.9 Å². The first kappa shape index (κ1) is 11.2. The summed E-state index contributed by atoms with van der Waals surface area (Å²) < 4.78 is 9.62. The van der Waals surface area contributed by atoms with Gasteiger partial charge in [-0.25, -0.2) is 9.13 Å². The second kappa shape index (κ2) is 4.60. The summed E-state index contributed by atoms with van der Waals surface area (Å²) in [5.41, 5.74) is 1.30. The molecule has 0 saturated heterocycles. The van der Waals surface area contributed by atoms with E-state index in [9.17, 15) is 0 Å². The number of hydrogen-bond acceptors (Lipinski definition) is 1. The van der Waals surface area contributed by atoms with Gasteiger partial charge in [-0.1, -0.05) is 0 Å². The van der Waals surface area contributed by atoms with Crippen LogP contribution in [0.3, 0.4) is 0 Å². The van der Waals surface area contributed by atoms with Gasteiger partial charge in [0.1, 0.15) is 17.9 Å². The largest absolute Gasteiger partial charge is 0.385 e. The predicted octanol–water partition coefficient (Wildman–Crippen LogP) is 1.53. The van der Waals surface area contributed by atoms with Crippen LogP contribution in [0.2, 0.25) is 0 Å². The molecule has 0 bridgehead atoms. The molecule has 0 aliphatic heterocycles. The molecule has 14 heavy (non-hydrogen) atoms. The Morgan fingerprint density at radius 1 is 1.50 bits per heavy atom. The van der Waals surface area contributed by atoms with Crippen LogP contribution in [-0.2, 0) is 11.8 Å². The number of ether oxygens (including phenoxy) is 1. The SMILES string of the molecule is COCCC(C)[n+]1cc(C)n(C)c1C. The Bertz CT molecular complexity index is 304. The van der Waals surface area contributed by atoms with E-state index < -0.39 is 0 Å². The lowest BCUT2D eigenvalue weighted by atomic mass is 10.2. The Kier molecular flexibility index (Phi) is 3.69. The van der Waals surface area contributed by atoms with Gasteiger partial charge in [0.05, 0.1) is 13.7 Å². The highest BCUT2D eigenvalue weighted by Crippen LogP contribution is 2.06. The molecule has 0 aliphatic carbocycles. The third-order valence-electron chi connectivity index (χ3n) is 2.93. The molecule has 0 aromatic carbocycles. The number of aryl methyl sites for hydroxylation is 1. The lowest BCUT2D eigenvalue weighted by molar-refractivity contribution is -0.725. The van der Waals surface area contributed by atoms with Gasteiger partial charge in [0.25, 0.3) is 5.82 Å². The number of aromatic nitrogens is 2. The van der Waals surface area contributed by atoms with Crippen LogP contribution in [0, 0.1) is 13.8 Å². The minimum Gasteiger partial charge on any atom is -0.385 e. The van der Waals surface area contributed by atoms with Crippen molar-refractivity contribution in [3.05, 3.63) is 17.7 Å². The average Bonchev–Trinajstić information content (AvgIpc) is 2.42. The fourth-order valence-electron chi connectivity index (χ4n) is 1.68. The highest BCUT2D eigenvalue weighted by atomic mass is 16.5. The number of rotatable bonds is 4. The summed E-state index contributed by atoms with van der Waals surface area (Å²) >= 11 is 0. The highest BCUT2D eigenvalue weighted by Gasteiger charge is 2.18. The maximum atomic E-state index is 5.09. The molecule has 0 fully saturated rings. The van der Waals surface area contributed by atoms with Crippen LogP contribution in [-0.4, -0.2) is 18.3 Å². The molecule has 3 nitrogen and oxygen atoms in total. The van der Waals surface area contributed by atoms with Gasteiger partial charge in [0.2, 0.25) is 0 Å². The fourth-order valence-corrected chi connectivity index (χ4v) is 1.68. The first-order chi connectivity index (χ1) is 6.57. The van der Waals surface area contributed by atoms with Crippen LogP contribution >= 0.6 is 0 Å². The summed E-state index contributed by atoms with van der Waals surface area (Å²) in [5, 5.41) is 0. The van der Waals surface area contributed by atoms with Crippen molar-refractivity contribution in [3.63, 3.8) is 0 Å². The maximum Gasteiger partial charge on any atom is 0.253 e. The van der Waals surface area contributed by atoms with E-state index in [1.807, 2.05) is 0 Å². The van der Waals surface area contributed by atoms with Crippen molar-refractivity contribution in [1.82, 2.24) is 4.57 Å². The van der Waals surface area contributed by atoms with E-state index in [2.05, 4.69) is 43.1 Å². The summed E-state index contributed by atoms with van der Waals surface area (Å²) in [6.07, 6.45) is 3.26. The van der Waals surface area contributed by atoms with Crippen molar-refractivity contribution in [2.24, 2.45) is 7.05 Å². The van der Waals surface area contributed by atoms with Gasteiger partial charge in [0.15, 0.2) is 0 Å². The second-order valence-corrected chi connectivity index (χ2v) is 3.91. The van der Waals surface area contributed by atoms with Gasteiger partial charge in [-0.15, -0.1) is 0 Å². The van der Waals surface area contributed by atoms with Crippen LogP contribution in [0.4, 0.5) is 0 Å². The molecule has 0 radical (unpaired) electrons. The molecule has 0 amide bonds. The Labute approximate surface area is 86.3 Å². The van der Waals surface area contributed by atoms with Gasteiger partial charge in [0, 0.05) is 27.4 Å². The van der Waals surface area contributed by atoms with E-state index in [0.29, 0.717) is 6.04 Å². The average molecular weight is 197 g/mol. The summed E-state index contributed by atoms with van der Waals surface area (Å²) in [6.45, 7) is 7.33. The van der Waals surface area contributed by atoms with Gasteiger partial charge in [-0.05, 0) is 6.92 Å². The quantitative estimate of drug-likeness (QED) is 0.669. The van der Waals surface area contributed by atoms with E-state index in [4.69, 9.17) is 4.74 Å². The zero-order valence-electron chi connectivity index (χ0n) is 9.87. The fraction of sp³-hybridized carbons (Fsp3) is 0.727. The van der Waals surface area contributed by atoms with Crippen LogP contribution in [0.15, 0.2) is 6.20 Å². The highest BCUT2D eigenvalue weighted by molar-refractivity contribution is 4.93. The van der Waals surface area contributed by atoms with Gasteiger partial charge >= 0.3 is 0 Å². The molecule has 80 valence electrons. The summed E-state index contributed by atoms with van der Waals surface area (Å²) in [5.74, 6) is 1.30. The Hall–Kier alpha value is -0.830. The number of methoxy groups -OCH3 is 1. The van der Waals surface area contributed by atoms with Crippen LogP contribution in [0.5, 0.6) is 0 Å². The van der Waals surface area contributed by atoms with E-state index in [1.165, 1.54) is 11.5 Å². The number of nitrogens with zero attached hydrogens (tertiary/aromatic N) is 2. The smallest absolute Gasteiger partial charge is 0.253 e. The zero-order valence-corrected chi connectivity index (χ0v) is 9.87. The van der Waals surface area contributed by atoms with Gasteiger partial charge < -0.3 is 4.74 Å². The van der Waals surface area contributed by atoms with Crippen molar-refractivity contribution in [2.75, 3.05) is 13.7 Å². The maximum absolute atomic E-state index is 5.09. The van der Waals surface area contributed by atoms with Crippen molar-refractivity contribution < 1.29 is 9.30 Å². The van der Waals surface area contributed by atoms with Gasteiger partial charge in [-0.2, -0.15) is 0 Å². The molecule has 0 aliphatic rings. The lowest BCUT2D eigenvalue weighted by Gasteiger charge is -2.08. The van der Waals surface area contributed by atoms with Crippen molar-refractivity contribution in [1.29, 1.82) is 0 Å². The molecule has 0 N–H and O–H groups in total. The van der Waals surface area contributed by atoms with Gasteiger partial charge in [-0.3, -0.25) is 0 Å². The molecule has 1 aromatic heterocycles. The van der Waals surface area contributed by atoms with Crippen molar-refractivity contribution in [3.8, 4) is 0 Å². The summed E-state index contributed by atoms with van der Waals surface area (Å²) in [4.78, 5) is 0. The number of imidazole rings is 1. The normalized spacial score (nSPS) is 13.2. The number of hydrogen-bond donors (Lipinski definition) is 0. The monoisotopic (exact) mass is 197 g/mol. The Morgan fingerprint density at radius 2 is 2.14 bits per heavy atom. The molecule has 1 heterocycles. The molecule has 1 aromatic rings. The third-order valence-corrected chi connectivity index (χ3v) is 2.93. The lowest BCUT2D eigenvalue weighted by Crippen LogP contribution is -2.39. The molecular formula is C11H21N2O+. The van der Waals surface area contributed by atoms with Crippen molar-refractivity contribution >= 4 is 0 Å². The van der Waals surface area contributed by atoms with Crippen LogP contribution < -0.4 is 4.57 Å². The Morgan fingerprint density at radius 3 is 2.57 bits per heavy atom. The molecule has 3 heteroatoms. The molecule has 1 atom stereocenters.